The number of hydrogen-bond acceptors (Lipinski definition) is 5. The van der Waals surface area contributed by atoms with E-state index >= 15 is 0 Å². The van der Waals surface area contributed by atoms with Gasteiger partial charge in [0.2, 0.25) is 0 Å². The Morgan fingerprint density at radius 3 is 2.68 bits per heavy atom. The highest BCUT2D eigenvalue weighted by Crippen LogP contribution is 2.17. The van der Waals surface area contributed by atoms with E-state index in [1.165, 1.54) is 6.33 Å². The van der Waals surface area contributed by atoms with Crippen LogP contribution in [0.2, 0.25) is 0 Å². The van der Waals surface area contributed by atoms with Crippen LogP contribution in [-0.4, -0.2) is 19.5 Å². The first-order chi connectivity index (χ1) is 9.31. The van der Waals surface area contributed by atoms with E-state index in [4.69, 9.17) is 5.73 Å². The average Bonchev–Trinajstić information content (AvgIpc) is 2.96. The lowest BCUT2D eigenvalue weighted by Crippen LogP contribution is -1.99. The number of rotatable bonds is 3. The van der Waals surface area contributed by atoms with Crippen molar-refractivity contribution in [2.24, 2.45) is 0 Å². The molecule has 94 valence electrons. The zero-order valence-electron chi connectivity index (χ0n) is 10.1. The summed E-state index contributed by atoms with van der Waals surface area (Å²) in [7, 11) is 0. The van der Waals surface area contributed by atoms with Gasteiger partial charge in [-0.1, -0.05) is 0 Å². The molecule has 2 aromatic heterocycles. The van der Waals surface area contributed by atoms with Crippen LogP contribution in [0.15, 0.2) is 55.4 Å². The Hall–Kier alpha value is -2.89. The van der Waals surface area contributed by atoms with E-state index < -0.39 is 0 Å². The molecular weight excluding hydrogens is 240 g/mol. The van der Waals surface area contributed by atoms with Crippen LogP contribution in [0.5, 0.6) is 0 Å². The molecule has 0 amide bonds. The number of nitrogens with zero attached hydrogens (tertiary/aromatic N) is 4. The number of imidazole rings is 1. The molecule has 0 unspecified atom stereocenters. The van der Waals surface area contributed by atoms with Crippen molar-refractivity contribution in [3.8, 4) is 5.82 Å². The summed E-state index contributed by atoms with van der Waals surface area (Å²) in [5, 5.41) is 3.19. The Balaban J connectivity index is 1.85. The predicted octanol–water partition coefficient (Wildman–Crippen LogP) is 1.99. The number of nitrogens with one attached hydrogen (secondary N) is 1. The molecule has 3 N–H and O–H groups in total. The highest BCUT2D eigenvalue weighted by atomic mass is 15.1. The quantitative estimate of drug-likeness (QED) is 0.697. The first-order valence-corrected chi connectivity index (χ1v) is 5.74. The third kappa shape index (κ3) is 2.52. The lowest BCUT2D eigenvalue weighted by molar-refractivity contribution is 0.972. The Morgan fingerprint density at radius 1 is 1.11 bits per heavy atom. The molecule has 0 radical (unpaired) electrons. The summed E-state index contributed by atoms with van der Waals surface area (Å²) in [5.41, 5.74) is 7.29. The van der Waals surface area contributed by atoms with E-state index in [9.17, 15) is 0 Å². The van der Waals surface area contributed by atoms with E-state index in [1.54, 1.807) is 12.5 Å². The maximum Gasteiger partial charge on any atom is 0.143 e. The summed E-state index contributed by atoms with van der Waals surface area (Å²) in [6, 6.07) is 9.31. The Morgan fingerprint density at radius 2 is 1.95 bits per heavy atom. The monoisotopic (exact) mass is 252 g/mol. The van der Waals surface area contributed by atoms with Crippen molar-refractivity contribution in [3.05, 3.63) is 55.4 Å². The van der Waals surface area contributed by atoms with Gasteiger partial charge >= 0.3 is 0 Å². The van der Waals surface area contributed by atoms with Gasteiger partial charge in [0.1, 0.15) is 24.3 Å². The molecule has 0 fully saturated rings. The van der Waals surface area contributed by atoms with E-state index in [2.05, 4.69) is 20.3 Å². The minimum atomic E-state index is 0.712. The third-order valence-corrected chi connectivity index (χ3v) is 2.60. The predicted molar refractivity (Wildman–Crippen MR) is 73.3 cm³/mol. The highest BCUT2D eigenvalue weighted by molar-refractivity contribution is 5.59. The summed E-state index contributed by atoms with van der Waals surface area (Å²) >= 11 is 0. The van der Waals surface area contributed by atoms with Gasteiger partial charge in [0.25, 0.3) is 0 Å². The van der Waals surface area contributed by atoms with Crippen LogP contribution in [0.25, 0.3) is 5.82 Å². The van der Waals surface area contributed by atoms with E-state index in [0.29, 0.717) is 5.82 Å². The highest BCUT2D eigenvalue weighted by Gasteiger charge is 2.01. The van der Waals surface area contributed by atoms with Gasteiger partial charge in [-0.25, -0.2) is 15.0 Å². The zero-order valence-corrected chi connectivity index (χ0v) is 10.1. The van der Waals surface area contributed by atoms with E-state index in [1.807, 2.05) is 41.1 Å². The van der Waals surface area contributed by atoms with Crippen LogP contribution < -0.4 is 11.1 Å². The summed E-state index contributed by atoms with van der Waals surface area (Å²) in [6.45, 7) is 0. The second-order valence-electron chi connectivity index (χ2n) is 3.98. The lowest BCUT2D eigenvalue weighted by atomic mass is 10.3. The number of benzene rings is 1. The molecule has 0 spiro atoms. The molecule has 0 aliphatic carbocycles. The molecule has 2 heterocycles. The van der Waals surface area contributed by atoms with Crippen LogP contribution in [0, 0.1) is 0 Å². The average molecular weight is 252 g/mol. The number of nitrogen functional groups attached to an aromatic ring is 1. The second kappa shape index (κ2) is 4.77. The molecule has 3 aromatic rings. The summed E-state index contributed by atoms with van der Waals surface area (Å²) in [4.78, 5) is 12.4. The van der Waals surface area contributed by atoms with Gasteiger partial charge < -0.3 is 11.1 Å². The SMILES string of the molecule is Nc1ccc(Nc2cc(-n3ccnc3)ncn2)cc1. The van der Waals surface area contributed by atoms with Gasteiger partial charge in [-0.05, 0) is 24.3 Å². The molecule has 0 saturated heterocycles. The molecule has 0 saturated carbocycles. The van der Waals surface area contributed by atoms with E-state index in [0.717, 1.165) is 17.2 Å². The van der Waals surface area contributed by atoms with Gasteiger partial charge in [0.05, 0.1) is 0 Å². The maximum atomic E-state index is 5.64. The molecule has 0 bridgehead atoms. The van der Waals surface area contributed by atoms with Crippen molar-refractivity contribution in [3.63, 3.8) is 0 Å². The summed E-state index contributed by atoms with van der Waals surface area (Å²) in [6.07, 6.45) is 6.73. The van der Waals surface area contributed by atoms with Crippen LogP contribution in [0.3, 0.4) is 0 Å². The Bertz CT molecular complexity index is 660. The molecule has 0 atom stereocenters. The van der Waals surface area contributed by atoms with Crippen molar-refractivity contribution in [1.29, 1.82) is 0 Å². The number of nitrogens with two attached hydrogens (primary N) is 1. The number of aromatic nitrogens is 4. The minimum absolute atomic E-state index is 0.712. The molecule has 1 aromatic carbocycles. The molecule has 0 aliphatic rings. The maximum absolute atomic E-state index is 5.64. The first kappa shape index (κ1) is 11.2. The standard InChI is InChI=1S/C13H12N6/c14-10-1-3-11(4-2-10)18-12-7-13(17-8-16-12)19-6-5-15-9-19/h1-9H,14H2,(H,16,17,18). The fourth-order valence-corrected chi connectivity index (χ4v) is 1.67. The zero-order chi connectivity index (χ0) is 13.1. The molecule has 19 heavy (non-hydrogen) atoms. The van der Waals surface area contributed by atoms with Gasteiger partial charge in [-0.3, -0.25) is 4.57 Å². The topological polar surface area (TPSA) is 81.6 Å². The normalized spacial score (nSPS) is 10.3. The fourth-order valence-electron chi connectivity index (χ4n) is 1.67. The van der Waals surface area contributed by atoms with Crippen molar-refractivity contribution >= 4 is 17.2 Å². The fraction of sp³-hybridized carbons (Fsp3) is 0. The Kier molecular flexibility index (Phi) is 2.82. The molecule has 0 aliphatic heterocycles. The lowest BCUT2D eigenvalue weighted by Gasteiger charge is -2.07. The van der Waals surface area contributed by atoms with Crippen molar-refractivity contribution in [2.75, 3.05) is 11.1 Å². The van der Waals surface area contributed by atoms with Crippen LogP contribution >= 0.6 is 0 Å². The van der Waals surface area contributed by atoms with Gasteiger partial charge in [0.15, 0.2) is 0 Å². The van der Waals surface area contributed by atoms with Gasteiger partial charge in [-0.15, -0.1) is 0 Å². The Labute approximate surface area is 110 Å². The summed E-state index contributed by atoms with van der Waals surface area (Å²) in [5.74, 6) is 1.47. The third-order valence-electron chi connectivity index (χ3n) is 2.60. The van der Waals surface area contributed by atoms with E-state index in [-0.39, 0.29) is 0 Å². The number of hydrogen-bond donors (Lipinski definition) is 2. The minimum Gasteiger partial charge on any atom is -0.399 e. The molecular formula is C13H12N6. The molecule has 6 heteroatoms. The van der Waals surface area contributed by atoms with Gasteiger partial charge in [0, 0.05) is 29.8 Å². The number of anilines is 3. The first-order valence-electron chi connectivity index (χ1n) is 5.74. The van der Waals surface area contributed by atoms with Gasteiger partial charge in [-0.2, -0.15) is 0 Å². The van der Waals surface area contributed by atoms with Crippen molar-refractivity contribution in [1.82, 2.24) is 19.5 Å². The van der Waals surface area contributed by atoms with Crippen LogP contribution in [-0.2, 0) is 0 Å². The van der Waals surface area contributed by atoms with Crippen molar-refractivity contribution in [2.45, 2.75) is 0 Å². The second-order valence-corrected chi connectivity index (χ2v) is 3.98. The van der Waals surface area contributed by atoms with Crippen LogP contribution in [0.1, 0.15) is 0 Å². The molecule has 3 rings (SSSR count). The van der Waals surface area contributed by atoms with Crippen molar-refractivity contribution < 1.29 is 0 Å². The summed E-state index contributed by atoms with van der Waals surface area (Å²) < 4.78 is 1.82. The largest absolute Gasteiger partial charge is 0.399 e. The smallest absolute Gasteiger partial charge is 0.143 e. The van der Waals surface area contributed by atoms with Crippen LogP contribution in [0.4, 0.5) is 17.2 Å². The molecule has 6 nitrogen and oxygen atoms in total.